The molecule has 2 N–H and O–H groups in total. The van der Waals surface area contributed by atoms with E-state index >= 15 is 0 Å². The van der Waals surface area contributed by atoms with Crippen molar-refractivity contribution in [1.82, 2.24) is 4.98 Å². The third-order valence-electron chi connectivity index (χ3n) is 3.85. The van der Waals surface area contributed by atoms with Gasteiger partial charge in [-0.15, -0.1) is 0 Å². The maximum atomic E-state index is 12.7. The minimum absolute atomic E-state index is 0.240. The zero-order valence-electron chi connectivity index (χ0n) is 16.1. The first-order valence-corrected chi connectivity index (χ1v) is 10.9. The lowest BCUT2D eigenvalue weighted by molar-refractivity contribution is 0.102. The zero-order valence-corrected chi connectivity index (χ0v) is 17.7. The maximum absolute atomic E-state index is 12.7. The molecule has 0 unspecified atom stereocenters. The molecule has 29 heavy (non-hydrogen) atoms. The number of rotatable bonds is 7. The molecule has 1 aromatic heterocycles. The first-order chi connectivity index (χ1) is 13.7. The number of carbonyl (C=O) groups excluding carboxylic acids is 1. The summed E-state index contributed by atoms with van der Waals surface area (Å²) < 4.78 is 41.6. The SMILES string of the molecule is COc1cc(NC(=O)c2ccc3nc(NS(C)(=O)=O)sc3c2)cc(OC)c1OC. The molecular weight excluding hydrogens is 418 g/mol. The Morgan fingerprint density at radius 2 is 1.69 bits per heavy atom. The van der Waals surface area contributed by atoms with Crippen molar-refractivity contribution in [2.75, 3.05) is 37.6 Å². The topological polar surface area (TPSA) is 116 Å². The number of sulfonamides is 1. The minimum Gasteiger partial charge on any atom is -0.493 e. The van der Waals surface area contributed by atoms with E-state index in [1.165, 1.54) is 21.3 Å². The van der Waals surface area contributed by atoms with Crippen LogP contribution in [0.2, 0.25) is 0 Å². The van der Waals surface area contributed by atoms with E-state index in [4.69, 9.17) is 14.2 Å². The highest BCUT2D eigenvalue weighted by Crippen LogP contribution is 2.40. The van der Waals surface area contributed by atoms with Crippen molar-refractivity contribution >= 4 is 48.3 Å². The molecule has 1 amide bonds. The number of benzene rings is 2. The number of methoxy groups -OCH3 is 3. The standard InChI is InChI=1S/C18H19N3O6S2/c1-25-13-8-11(9-14(26-2)16(13)27-3)19-17(22)10-5-6-12-15(7-10)28-18(20-12)21-29(4,23)24/h5-9H,1-4H3,(H,19,22)(H,20,21). The maximum Gasteiger partial charge on any atom is 0.255 e. The molecule has 0 radical (unpaired) electrons. The third kappa shape index (κ3) is 4.69. The Hall–Kier alpha value is -3.05. The lowest BCUT2D eigenvalue weighted by Crippen LogP contribution is -2.12. The Morgan fingerprint density at radius 3 is 2.24 bits per heavy atom. The minimum atomic E-state index is -3.43. The van der Waals surface area contributed by atoms with Gasteiger partial charge in [0.15, 0.2) is 16.6 Å². The van der Waals surface area contributed by atoms with Crippen molar-refractivity contribution in [2.45, 2.75) is 0 Å². The molecule has 11 heteroatoms. The van der Waals surface area contributed by atoms with Crippen molar-refractivity contribution in [2.24, 2.45) is 0 Å². The predicted octanol–water partition coefficient (Wildman–Crippen LogP) is 2.95. The molecule has 0 spiro atoms. The van der Waals surface area contributed by atoms with E-state index in [1.54, 1.807) is 30.3 Å². The number of hydrogen-bond acceptors (Lipinski definition) is 8. The van der Waals surface area contributed by atoms with Crippen LogP contribution in [0.5, 0.6) is 17.2 Å². The quantitative estimate of drug-likeness (QED) is 0.584. The summed E-state index contributed by atoms with van der Waals surface area (Å²) in [5, 5.41) is 3.03. The molecule has 2 aromatic carbocycles. The van der Waals surface area contributed by atoms with Crippen molar-refractivity contribution in [1.29, 1.82) is 0 Å². The Morgan fingerprint density at radius 1 is 1.03 bits per heavy atom. The Bertz CT molecular complexity index is 1150. The van der Waals surface area contributed by atoms with Gasteiger partial charge in [-0.1, -0.05) is 11.3 Å². The summed E-state index contributed by atoms with van der Waals surface area (Å²) in [5.41, 5.74) is 1.44. The van der Waals surface area contributed by atoms with Gasteiger partial charge in [0.05, 0.1) is 37.8 Å². The number of nitrogens with one attached hydrogen (secondary N) is 2. The van der Waals surface area contributed by atoms with Crippen LogP contribution < -0.4 is 24.2 Å². The Balaban J connectivity index is 1.88. The van der Waals surface area contributed by atoms with Gasteiger partial charge in [-0.2, -0.15) is 0 Å². The van der Waals surface area contributed by atoms with E-state index in [1.807, 2.05) is 0 Å². The smallest absolute Gasteiger partial charge is 0.255 e. The summed E-state index contributed by atoms with van der Waals surface area (Å²) in [6, 6.07) is 8.16. The number of ether oxygens (including phenoxy) is 3. The summed E-state index contributed by atoms with van der Waals surface area (Å²) in [5.74, 6) is 0.894. The van der Waals surface area contributed by atoms with Crippen molar-refractivity contribution in [3.63, 3.8) is 0 Å². The molecule has 0 atom stereocenters. The first kappa shape index (κ1) is 20.7. The monoisotopic (exact) mass is 437 g/mol. The molecular formula is C18H19N3O6S2. The molecule has 0 saturated heterocycles. The van der Waals surface area contributed by atoms with Crippen LogP contribution in [0.4, 0.5) is 10.8 Å². The Labute approximate surface area is 171 Å². The number of aromatic nitrogens is 1. The third-order valence-corrected chi connectivity index (χ3v) is 5.47. The van der Waals surface area contributed by atoms with Crippen LogP contribution in [0.15, 0.2) is 30.3 Å². The number of amides is 1. The van der Waals surface area contributed by atoms with Crippen LogP contribution in [0, 0.1) is 0 Å². The molecule has 3 aromatic rings. The second-order valence-corrected chi connectivity index (χ2v) is 8.72. The summed E-state index contributed by atoms with van der Waals surface area (Å²) in [4.78, 5) is 16.9. The second-order valence-electron chi connectivity index (χ2n) is 5.94. The first-order valence-electron chi connectivity index (χ1n) is 8.24. The van der Waals surface area contributed by atoms with Gasteiger partial charge in [0.2, 0.25) is 15.8 Å². The van der Waals surface area contributed by atoms with Gasteiger partial charge in [0, 0.05) is 23.4 Å². The lowest BCUT2D eigenvalue weighted by Gasteiger charge is -2.14. The molecule has 0 aliphatic heterocycles. The van der Waals surface area contributed by atoms with Crippen LogP contribution >= 0.6 is 11.3 Å². The Kier molecular flexibility index (Phi) is 5.80. The van der Waals surface area contributed by atoms with Gasteiger partial charge >= 0.3 is 0 Å². The molecule has 0 aliphatic rings. The van der Waals surface area contributed by atoms with Crippen LogP contribution in [-0.2, 0) is 10.0 Å². The van der Waals surface area contributed by atoms with E-state index in [9.17, 15) is 13.2 Å². The average Bonchev–Trinajstić information content (AvgIpc) is 3.06. The van der Waals surface area contributed by atoms with Crippen molar-refractivity contribution < 1.29 is 27.4 Å². The highest BCUT2D eigenvalue weighted by Gasteiger charge is 2.16. The number of anilines is 2. The summed E-state index contributed by atoms with van der Waals surface area (Å²) in [7, 11) is 1.05. The fraction of sp³-hybridized carbons (Fsp3) is 0.222. The van der Waals surface area contributed by atoms with Gasteiger partial charge < -0.3 is 19.5 Å². The molecule has 154 valence electrons. The van der Waals surface area contributed by atoms with Gasteiger partial charge in [-0.3, -0.25) is 9.52 Å². The molecule has 0 bridgehead atoms. The van der Waals surface area contributed by atoms with E-state index in [0.29, 0.717) is 38.7 Å². The summed E-state index contributed by atoms with van der Waals surface area (Å²) in [6.45, 7) is 0. The summed E-state index contributed by atoms with van der Waals surface area (Å²) >= 11 is 1.14. The van der Waals surface area contributed by atoms with Crippen molar-refractivity contribution in [3.8, 4) is 17.2 Å². The average molecular weight is 437 g/mol. The van der Waals surface area contributed by atoms with E-state index < -0.39 is 10.0 Å². The number of carbonyl (C=O) groups is 1. The van der Waals surface area contributed by atoms with E-state index in [0.717, 1.165) is 17.6 Å². The molecule has 0 fully saturated rings. The largest absolute Gasteiger partial charge is 0.493 e. The molecule has 9 nitrogen and oxygen atoms in total. The van der Waals surface area contributed by atoms with Crippen LogP contribution in [0.25, 0.3) is 10.2 Å². The number of nitrogens with zero attached hydrogens (tertiary/aromatic N) is 1. The molecule has 0 aliphatic carbocycles. The van der Waals surface area contributed by atoms with Crippen LogP contribution in [-0.4, -0.2) is 46.9 Å². The van der Waals surface area contributed by atoms with Gasteiger partial charge in [0.1, 0.15) is 0 Å². The predicted molar refractivity (Wildman–Crippen MR) is 112 cm³/mol. The second kappa shape index (κ2) is 8.13. The van der Waals surface area contributed by atoms with Gasteiger partial charge in [-0.05, 0) is 18.2 Å². The van der Waals surface area contributed by atoms with E-state index in [2.05, 4.69) is 15.0 Å². The van der Waals surface area contributed by atoms with Crippen LogP contribution in [0.1, 0.15) is 10.4 Å². The fourth-order valence-corrected chi connectivity index (χ4v) is 4.36. The molecule has 3 rings (SSSR count). The number of hydrogen-bond donors (Lipinski definition) is 2. The van der Waals surface area contributed by atoms with Crippen molar-refractivity contribution in [3.05, 3.63) is 35.9 Å². The van der Waals surface area contributed by atoms with Gasteiger partial charge in [0.25, 0.3) is 5.91 Å². The zero-order chi connectivity index (χ0) is 21.2. The van der Waals surface area contributed by atoms with E-state index in [-0.39, 0.29) is 11.0 Å². The lowest BCUT2D eigenvalue weighted by atomic mass is 10.2. The summed E-state index contributed by atoms with van der Waals surface area (Å²) in [6.07, 6.45) is 1.05. The molecule has 1 heterocycles. The number of fused-ring (bicyclic) bond motifs is 1. The van der Waals surface area contributed by atoms with Crippen LogP contribution in [0.3, 0.4) is 0 Å². The molecule has 0 saturated carbocycles. The highest BCUT2D eigenvalue weighted by molar-refractivity contribution is 7.92. The number of thiazole rings is 1. The van der Waals surface area contributed by atoms with Gasteiger partial charge in [-0.25, -0.2) is 13.4 Å². The highest BCUT2D eigenvalue weighted by atomic mass is 32.2. The normalized spacial score (nSPS) is 11.2. The fourth-order valence-electron chi connectivity index (χ4n) is 2.62.